The molecule has 2 aromatic carbocycles. The minimum absolute atomic E-state index is 0.0728. The Morgan fingerprint density at radius 2 is 1.83 bits per heavy atom. The first-order chi connectivity index (χ1) is 14.4. The molecule has 7 nitrogen and oxygen atoms in total. The number of aromatic amines is 1. The highest BCUT2D eigenvalue weighted by molar-refractivity contribution is 5.55. The van der Waals surface area contributed by atoms with Crippen LogP contribution in [0.15, 0.2) is 51.4 Å². The second-order valence-corrected chi connectivity index (χ2v) is 7.43. The summed E-state index contributed by atoms with van der Waals surface area (Å²) in [5, 5.41) is 30.4. The molecule has 0 aliphatic heterocycles. The van der Waals surface area contributed by atoms with Crippen molar-refractivity contribution in [2.45, 2.75) is 46.6 Å². The summed E-state index contributed by atoms with van der Waals surface area (Å²) in [5.74, 6) is 0.0728. The molecule has 0 radical (unpaired) electrons. The molecular weight excluding hydrogens is 378 g/mol. The number of hydrogen-bond donors (Lipinski definition) is 2. The number of nitrogens with zero attached hydrogens (tertiary/aromatic N) is 4. The van der Waals surface area contributed by atoms with Crippen LogP contribution in [0.1, 0.15) is 34.4 Å². The Hall–Kier alpha value is -3.66. The molecule has 7 heteroatoms. The van der Waals surface area contributed by atoms with Gasteiger partial charge in [-0.05, 0) is 50.8 Å². The minimum atomic E-state index is -0.336. The average molecular weight is 403 g/mol. The van der Waals surface area contributed by atoms with Gasteiger partial charge in [-0.25, -0.2) is 0 Å². The van der Waals surface area contributed by atoms with E-state index >= 15 is 0 Å². The van der Waals surface area contributed by atoms with Crippen molar-refractivity contribution in [2.75, 3.05) is 0 Å². The number of azo groups is 1. The largest absolute Gasteiger partial charge is 0.505 e. The fourth-order valence-electron chi connectivity index (χ4n) is 3.49. The van der Waals surface area contributed by atoms with Crippen LogP contribution in [0.4, 0.5) is 11.4 Å². The number of phenols is 1. The van der Waals surface area contributed by atoms with Crippen molar-refractivity contribution in [2.24, 2.45) is 10.2 Å². The first kappa shape index (κ1) is 21.1. The number of hydrogen-bond acceptors (Lipinski definition) is 5. The minimum Gasteiger partial charge on any atom is -0.505 e. The first-order valence-electron chi connectivity index (χ1n) is 9.85. The van der Waals surface area contributed by atoms with Gasteiger partial charge < -0.3 is 5.11 Å². The number of aryl methyl sites for hydroxylation is 6. The van der Waals surface area contributed by atoms with Crippen LogP contribution in [0.25, 0.3) is 0 Å². The van der Waals surface area contributed by atoms with Crippen molar-refractivity contribution in [1.82, 2.24) is 9.78 Å². The van der Waals surface area contributed by atoms with Gasteiger partial charge in [0.15, 0.2) is 5.69 Å². The van der Waals surface area contributed by atoms with Crippen LogP contribution in [0.2, 0.25) is 0 Å². The van der Waals surface area contributed by atoms with Gasteiger partial charge in [-0.2, -0.15) is 5.26 Å². The van der Waals surface area contributed by atoms with Crippen LogP contribution in [-0.4, -0.2) is 14.9 Å². The normalized spacial score (nSPS) is 11.1. The zero-order valence-electron chi connectivity index (χ0n) is 17.4. The highest BCUT2D eigenvalue weighted by atomic mass is 16.3. The van der Waals surface area contributed by atoms with Gasteiger partial charge in [0.25, 0.3) is 5.56 Å². The molecule has 3 rings (SSSR count). The zero-order chi connectivity index (χ0) is 21.7. The van der Waals surface area contributed by atoms with Gasteiger partial charge in [0.1, 0.15) is 11.4 Å². The van der Waals surface area contributed by atoms with E-state index in [0.29, 0.717) is 17.8 Å². The smallest absolute Gasteiger partial charge is 0.294 e. The fraction of sp³-hybridized carbons (Fsp3) is 0.304. The summed E-state index contributed by atoms with van der Waals surface area (Å²) in [6.45, 7) is 6.14. The molecule has 0 saturated heterocycles. The van der Waals surface area contributed by atoms with Crippen LogP contribution in [0.5, 0.6) is 5.75 Å². The van der Waals surface area contributed by atoms with Crippen LogP contribution in [0, 0.1) is 32.1 Å². The summed E-state index contributed by atoms with van der Waals surface area (Å²) in [6.07, 6.45) is 1.69. The third-order valence-corrected chi connectivity index (χ3v) is 4.87. The van der Waals surface area contributed by atoms with E-state index in [2.05, 4.69) is 47.4 Å². The summed E-state index contributed by atoms with van der Waals surface area (Å²) < 4.78 is 1.34. The molecule has 0 fully saturated rings. The van der Waals surface area contributed by atoms with Crippen LogP contribution < -0.4 is 5.56 Å². The lowest BCUT2D eigenvalue weighted by Gasteiger charge is -2.08. The van der Waals surface area contributed by atoms with Gasteiger partial charge in [0.2, 0.25) is 0 Å². The number of aromatic hydroxyl groups is 1. The lowest BCUT2D eigenvalue weighted by Crippen LogP contribution is -2.16. The predicted molar refractivity (Wildman–Crippen MR) is 116 cm³/mol. The maximum absolute atomic E-state index is 12.4. The second-order valence-electron chi connectivity index (χ2n) is 7.43. The molecule has 0 amide bonds. The summed E-state index contributed by atoms with van der Waals surface area (Å²) >= 11 is 0. The number of nitriles is 1. The van der Waals surface area contributed by atoms with Crippen LogP contribution >= 0.6 is 0 Å². The van der Waals surface area contributed by atoms with Crippen molar-refractivity contribution in [3.8, 4) is 11.8 Å². The maximum atomic E-state index is 12.4. The summed E-state index contributed by atoms with van der Waals surface area (Å²) in [7, 11) is 0. The molecule has 0 spiro atoms. The molecule has 0 bridgehead atoms. The average Bonchev–Trinajstić information content (AvgIpc) is 2.97. The molecule has 30 heavy (non-hydrogen) atoms. The van der Waals surface area contributed by atoms with Crippen LogP contribution in [-0.2, 0) is 19.4 Å². The van der Waals surface area contributed by atoms with Crippen molar-refractivity contribution < 1.29 is 5.11 Å². The number of nitrogens with one attached hydrogen (secondary N) is 1. The van der Waals surface area contributed by atoms with Gasteiger partial charge in [0.05, 0.1) is 24.7 Å². The molecular formula is C23H25N5O2. The monoisotopic (exact) mass is 403 g/mol. The number of rotatable bonds is 7. The Bertz CT molecular complexity index is 1160. The van der Waals surface area contributed by atoms with Gasteiger partial charge >= 0.3 is 0 Å². The van der Waals surface area contributed by atoms with Gasteiger partial charge in [0, 0.05) is 0 Å². The van der Waals surface area contributed by atoms with E-state index in [1.54, 1.807) is 13.0 Å². The Balaban J connectivity index is 1.79. The van der Waals surface area contributed by atoms with E-state index in [-0.39, 0.29) is 30.0 Å². The lowest BCUT2D eigenvalue weighted by molar-refractivity contribution is 0.469. The topological polar surface area (TPSA) is 107 Å². The third kappa shape index (κ3) is 4.84. The fourth-order valence-corrected chi connectivity index (χ4v) is 3.49. The Morgan fingerprint density at radius 1 is 1.10 bits per heavy atom. The summed E-state index contributed by atoms with van der Waals surface area (Å²) in [5.41, 5.74) is 5.16. The van der Waals surface area contributed by atoms with Crippen molar-refractivity contribution in [3.63, 3.8) is 0 Å². The van der Waals surface area contributed by atoms with E-state index in [9.17, 15) is 9.90 Å². The standard InChI is InChI=1S/C23H25N5O2/c1-15-12-16(2)14-18(13-15)8-9-19-6-4-7-20(22(19)29)25-26-21-17(3)27-28(23(21)30)11-5-10-24/h4,6-7,12-14,27,29H,5,8-9,11H2,1-3H3. The van der Waals surface area contributed by atoms with Crippen molar-refractivity contribution in [1.29, 1.82) is 5.26 Å². The van der Waals surface area contributed by atoms with E-state index in [4.69, 9.17) is 5.26 Å². The number of phenolic OH excluding ortho intramolecular Hbond substituents is 1. The quantitative estimate of drug-likeness (QED) is 0.547. The summed E-state index contributed by atoms with van der Waals surface area (Å²) in [6, 6.07) is 13.8. The third-order valence-electron chi connectivity index (χ3n) is 4.87. The van der Waals surface area contributed by atoms with Gasteiger partial charge in [-0.15, -0.1) is 10.2 Å². The molecule has 3 aromatic rings. The number of benzene rings is 2. The molecule has 0 atom stereocenters. The first-order valence-corrected chi connectivity index (χ1v) is 9.85. The molecule has 2 N–H and O–H groups in total. The summed E-state index contributed by atoms with van der Waals surface area (Å²) in [4.78, 5) is 12.4. The van der Waals surface area contributed by atoms with Gasteiger partial charge in [-0.1, -0.05) is 41.5 Å². The molecule has 1 heterocycles. The van der Waals surface area contributed by atoms with E-state index in [1.807, 2.05) is 18.2 Å². The van der Waals surface area contributed by atoms with Crippen LogP contribution in [0.3, 0.4) is 0 Å². The molecule has 0 aliphatic carbocycles. The highest BCUT2D eigenvalue weighted by Gasteiger charge is 2.12. The highest BCUT2D eigenvalue weighted by Crippen LogP contribution is 2.32. The number of aromatic nitrogens is 2. The second kappa shape index (κ2) is 9.23. The molecule has 154 valence electrons. The van der Waals surface area contributed by atoms with Crippen molar-refractivity contribution in [3.05, 3.63) is 74.7 Å². The molecule has 0 unspecified atom stereocenters. The lowest BCUT2D eigenvalue weighted by atomic mass is 10.00. The number of para-hydroxylation sites is 1. The molecule has 1 aromatic heterocycles. The Kier molecular flexibility index (Phi) is 6.48. The van der Waals surface area contributed by atoms with E-state index in [1.165, 1.54) is 21.4 Å². The van der Waals surface area contributed by atoms with E-state index in [0.717, 1.165) is 12.0 Å². The Morgan fingerprint density at radius 3 is 2.53 bits per heavy atom. The zero-order valence-corrected chi connectivity index (χ0v) is 17.4. The molecule has 0 saturated carbocycles. The maximum Gasteiger partial charge on any atom is 0.294 e. The van der Waals surface area contributed by atoms with E-state index < -0.39 is 0 Å². The molecule has 0 aliphatic rings. The predicted octanol–water partition coefficient (Wildman–Crippen LogP) is 4.92. The number of H-pyrrole nitrogens is 1. The van der Waals surface area contributed by atoms with Gasteiger partial charge in [-0.3, -0.25) is 14.6 Å². The SMILES string of the molecule is Cc1cc(C)cc(CCc2cccc(N=Nc3c(C)[nH]n(CCC#N)c3=O)c2O)c1. The van der Waals surface area contributed by atoms with Crippen molar-refractivity contribution >= 4 is 11.4 Å². The Labute approximate surface area is 175 Å².